The van der Waals surface area contributed by atoms with Gasteiger partial charge in [0.1, 0.15) is 15.9 Å². The lowest BCUT2D eigenvalue weighted by atomic mass is 9.72. The third kappa shape index (κ3) is 4.43. The van der Waals surface area contributed by atoms with Gasteiger partial charge in [-0.05, 0) is 67.4 Å². The van der Waals surface area contributed by atoms with Gasteiger partial charge in [-0.15, -0.1) is 22.7 Å². The zero-order valence-electron chi connectivity index (χ0n) is 19.7. The number of aromatic amines is 1. The molecule has 1 unspecified atom stereocenters. The van der Waals surface area contributed by atoms with Gasteiger partial charge in [0.05, 0.1) is 16.7 Å². The average molecular weight is 513 g/mol. The van der Waals surface area contributed by atoms with Crippen LogP contribution in [0, 0.1) is 22.7 Å². The lowest BCUT2D eigenvalue weighted by Crippen LogP contribution is -2.26. The number of nitriles is 1. The second kappa shape index (κ2) is 9.14. The Morgan fingerprint density at radius 1 is 1.21 bits per heavy atom. The number of anilines is 1. The van der Waals surface area contributed by atoms with Crippen LogP contribution >= 0.6 is 34.4 Å². The number of thioether (sulfide) groups is 1. The van der Waals surface area contributed by atoms with Crippen molar-refractivity contribution in [3.63, 3.8) is 0 Å². The highest BCUT2D eigenvalue weighted by molar-refractivity contribution is 7.99. The maximum Gasteiger partial charge on any atom is 0.260 e. The standard InChI is InChI=1S/C25H28N4O2S3/c1-25(2,3)13-8-9-14-16(11-26)22(34-18(14)10-13)27-19(30)12-32-24-28-21(31)20-15-6-4-5-7-17(15)33-23(20)29-24/h13H,4-10,12H2,1-3H3,(H,27,30)(H,28,29,31). The van der Waals surface area contributed by atoms with Crippen molar-refractivity contribution >= 4 is 55.6 Å². The molecule has 5 rings (SSSR count). The third-order valence-electron chi connectivity index (χ3n) is 7.00. The zero-order chi connectivity index (χ0) is 24.0. The molecule has 34 heavy (non-hydrogen) atoms. The van der Waals surface area contributed by atoms with Crippen molar-refractivity contribution in [1.29, 1.82) is 5.26 Å². The first kappa shape index (κ1) is 23.6. The number of nitrogens with zero attached hydrogens (tertiary/aromatic N) is 2. The first-order valence-corrected chi connectivity index (χ1v) is 14.4. The molecule has 0 bridgehead atoms. The summed E-state index contributed by atoms with van der Waals surface area (Å²) < 4.78 is 0. The minimum absolute atomic E-state index is 0.113. The van der Waals surface area contributed by atoms with Crippen LogP contribution in [0.25, 0.3) is 10.2 Å². The Morgan fingerprint density at radius 3 is 2.76 bits per heavy atom. The predicted octanol–water partition coefficient (Wildman–Crippen LogP) is 5.68. The summed E-state index contributed by atoms with van der Waals surface area (Å²) in [5, 5.41) is 14.6. The van der Waals surface area contributed by atoms with E-state index in [4.69, 9.17) is 0 Å². The van der Waals surface area contributed by atoms with Gasteiger partial charge in [0.15, 0.2) is 5.16 Å². The number of aryl methyl sites for hydroxylation is 2. The molecular weight excluding hydrogens is 485 g/mol. The highest BCUT2D eigenvalue weighted by atomic mass is 32.2. The van der Waals surface area contributed by atoms with Crippen LogP contribution in [0.5, 0.6) is 0 Å². The van der Waals surface area contributed by atoms with Crippen LogP contribution in [0.3, 0.4) is 0 Å². The summed E-state index contributed by atoms with van der Waals surface area (Å²) in [6, 6.07) is 2.32. The number of aromatic nitrogens is 2. The van der Waals surface area contributed by atoms with Gasteiger partial charge in [0, 0.05) is 9.75 Å². The quantitative estimate of drug-likeness (QED) is 0.346. The molecule has 3 heterocycles. The van der Waals surface area contributed by atoms with Gasteiger partial charge in [-0.25, -0.2) is 4.98 Å². The first-order chi connectivity index (χ1) is 16.2. The Balaban J connectivity index is 1.29. The molecule has 2 aliphatic rings. The summed E-state index contributed by atoms with van der Waals surface area (Å²) in [6.45, 7) is 6.80. The van der Waals surface area contributed by atoms with E-state index in [1.54, 1.807) is 22.7 Å². The summed E-state index contributed by atoms with van der Waals surface area (Å²) >= 11 is 4.37. The third-order valence-corrected chi connectivity index (χ3v) is 10.2. The Kier molecular flexibility index (Phi) is 6.34. The maximum absolute atomic E-state index is 12.7. The molecule has 2 aliphatic carbocycles. The lowest BCUT2D eigenvalue weighted by molar-refractivity contribution is -0.113. The molecule has 0 radical (unpaired) electrons. The van der Waals surface area contributed by atoms with Crippen molar-refractivity contribution < 1.29 is 4.79 Å². The number of rotatable bonds is 4. The lowest BCUT2D eigenvalue weighted by Gasteiger charge is -2.33. The number of amides is 1. The SMILES string of the molecule is CC(C)(C)C1CCc2c(sc(NC(=O)CSc3nc4sc5c(c4c(=O)[nH]3)CCCC5)c2C#N)C1. The predicted molar refractivity (Wildman–Crippen MR) is 140 cm³/mol. The van der Waals surface area contributed by atoms with E-state index in [0.29, 0.717) is 21.6 Å². The number of carbonyl (C=O) groups is 1. The highest BCUT2D eigenvalue weighted by Gasteiger charge is 2.32. The van der Waals surface area contributed by atoms with Crippen molar-refractivity contribution in [3.05, 3.63) is 36.8 Å². The summed E-state index contributed by atoms with van der Waals surface area (Å²) in [5.74, 6) is 0.503. The van der Waals surface area contributed by atoms with Gasteiger partial charge in [0.25, 0.3) is 5.56 Å². The molecule has 0 aromatic carbocycles. The molecule has 1 atom stereocenters. The molecule has 0 saturated carbocycles. The van der Waals surface area contributed by atoms with E-state index in [0.717, 1.165) is 66.3 Å². The molecule has 3 aromatic rings. The van der Waals surface area contributed by atoms with Crippen LogP contribution in [0.1, 0.15) is 66.5 Å². The van der Waals surface area contributed by atoms with Crippen LogP contribution < -0.4 is 10.9 Å². The fourth-order valence-corrected chi connectivity index (χ4v) is 8.32. The zero-order valence-corrected chi connectivity index (χ0v) is 22.1. The number of fused-ring (bicyclic) bond motifs is 4. The Hall–Kier alpha value is -2.15. The summed E-state index contributed by atoms with van der Waals surface area (Å²) in [7, 11) is 0. The van der Waals surface area contributed by atoms with E-state index in [-0.39, 0.29) is 22.6 Å². The first-order valence-electron chi connectivity index (χ1n) is 11.8. The minimum Gasteiger partial charge on any atom is -0.316 e. The number of H-pyrrole nitrogens is 1. The largest absolute Gasteiger partial charge is 0.316 e. The van der Waals surface area contributed by atoms with E-state index < -0.39 is 0 Å². The van der Waals surface area contributed by atoms with Crippen molar-refractivity contribution in [2.75, 3.05) is 11.1 Å². The van der Waals surface area contributed by atoms with Gasteiger partial charge in [-0.1, -0.05) is 32.5 Å². The molecule has 2 N–H and O–H groups in total. The Morgan fingerprint density at radius 2 is 2.00 bits per heavy atom. The minimum atomic E-state index is -0.194. The van der Waals surface area contributed by atoms with Crippen LogP contribution in [-0.4, -0.2) is 21.6 Å². The average Bonchev–Trinajstić information content (AvgIpc) is 3.33. The molecule has 3 aromatic heterocycles. The van der Waals surface area contributed by atoms with Gasteiger partial charge in [-0.2, -0.15) is 5.26 Å². The van der Waals surface area contributed by atoms with E-state index >= 15 is 0 Å². The van der Waals surface area contributed by atoms with E-state index in [9.17, 15) is 14.9 Å². The van der Waals surface area contributed by atoms with Gasteiger partial charge in [0.2, 0.25) is 5.91 Å². The molecule has 9 heteroatoms. The molecule has 0 aliphatic heterocycles. The van der Waals surface area contributed by atoms with Crippen LogP contribution in [-0.2, 0) is 30.5 Å². The smallest absolute Gasteiger partial charge is 0.260 e. The molecule has 1 amide bonds. The van der Waals surface area contributed by atoms with Crippen molar-refractivity contribution in [2.24, 2.45) is 11.3 Å². The van der Waals surface area contributed by atoms with Crippen molar-refractivity contribution in [3.8, 4) is 6.07 Å². The molecule has 6 nitrogen and oxygen atoms in total. The van der Waals surface area contributed by atoms with Crippen LogP contribution in [0.15, 0.2) is 9.95 Å². The summed E-state index contributed by atoms with van der Waals surface area (Å²) in [4.78, 5) is 36.2. The van der Waals surface area contributed by atoms with Crippen molar-refractivity contribution in [2.45, 2.75) is 70.9 Å². The Labute approximate surface area is 211 Å². The number of hydrogen-bond donors (Lipinski definition) is 2. The molecule has 0 fully saturated rings. The van der Waals surface area contributed by atoms with Gasteiger partial charge >= 0.3 is 0 Å². The number of hydrogen-bond acceptors (Lipinski definition) is 7. The highest BCUT2D eigenvalue weighted by Crippen LogP contribution is 2.44. The van der Waals surface area contributed by atoms with Gasteiger partial charge in [-0.3, -0.25) is 9.59 Å². The van der Waals surface area contributed by atoms with E-state index in [1.807, 2.05) is 0 Å². The maximum atomic E-state index is 12.7. The van der Waals surface area contributed by atoms with Crippen LogP contribution in [0.2, 0.25) is 0 Å². The fraction of sp³-hybridized carbons (Fsp3) is 0.520. The van der Waals surface area contributed by atoms with E-state index in [2.05, 4.69) is 42.1 Å². The second-order valence-corrected chi connectivity index (χ2v) is 13.4. The topological polar surface area (TPSA) is 98.6 Å². The number of nitrogens with one attached hydrogen (secondary N) is 2. The normalized spacial score (nSPS) is 17.8. The monoisotopic (exact) mass is 512 g/mol. The summed E-state index contributed by atoms with van der Waals surface area (Å²) in [5.41, 5.74) is 2.99. The van der Waals surface area contributed by atoms with Gasteiger partial charge < -0.3 is 10.3 Å². The Bertz CT molecular complexity index is 1370. The molecule has 0 spiro atoms. The number of carbonyl (C=O) groups excluding carboxylic acids is 1. The fourth-order valence-electron chi connectivity index (χ4n) is 5.04. The molecule has 178 valence electrons. The molecule has 0 saturated heterocycles. The van der Waals surface area contributed by atoms with E-state index in [1.165, 1.54) is 21.5 Å². The van der Waals surface area contributed by atoms with Crippen molar-refractivity contribution in [1.82, 2.24) is 9.97 Å². The summed E-state index contributed by atoms with van der Waals surface area (Å²) in [6.07, 6.45) is 7.14. The number of thiophene rings is 2. The van der Waals surface area contributed by atoms with Crippen LogP contribution in [0.4, 0.5) is 5.00 Å². The second-order valence-electron chi connectivity index (χ2n) is 10.2. The molecular formula is C25H28N4O2S3.